The molecule has 3 N–H and O–H groups in total. The van der Waals surface area contributed by atoms with Crippen LogP contribution in [0.1, 0.15) is 16.1 Å². The van der Waals surface area contributed by atoms with Gasteiger partial charge in [-0.2, -0.15) is 5.10 Å². The van der Waals surface area contributed by atoms with E-state index in [0.717, 1.165) is 12.0 Å². The van der Waals surface area contributed by atoms with Crippen LogP contribution in [0.15, 0.2) is 42.6 Å². The van der Waals surface area contributed by atoms with Crippen molar-refractivity contribution in [3.8, 4) is 0 Å². The third kappa shape index (κ3) is 3.66. The third-order valence-corrected chi connectivity index (χ3v) is 2.89. The molecule has 0 bridgehead atoms. The first-order valence-corrected chi connectivity index (χ1v) is 6.23. The number of nitrogens with one attached hydrogen (secondary N) is 1. The van der Waals surface area contributed by atoms with Crippen molar-refractivity contribution in [1.82, 2.24) is 15.1 Å². The van der Waals surface area contributed by atoms with Crippen LogP contribution in [0.2, 0.25) is 0 Å². The van der Waals surface area contributed by atoms with Crippen LogP contribution in [0.4, 0.5) is 0 Å². The van der Waals surface area contributed by atoms with Crippen LogP contribution >= 0.6 is 0 Å². The predicted octanol–water partition coefficient (Wildman–Crippen LogP) is 0.720. The molecule has 100 valence electrons. The molecule has 1 aromatic heterocycles. The Kier molecular flexibility index (Phi) is 4.30. The van der Waals surface area contributed by atoms with Gasteiger partial charge in [0, 0.05) is 25.8 Å². The Morgan fingerprint density at radius 2 is 2.11 bits per heavy atom. The topological polar surface area (TPSA) is 72.9 Å². The number of benzene rings is 1. The van der Waals surface area contributed by atoms with E-state index in [-0.39, 0.29) is 11.9 Å². The van der Waals surface area contributed by atoms with Crippen molar-refractivity contribution < 1.29 is 4.79 Å². The molecule has 5 nitrogen and oxygen atoms in total. The fourth-order valence-corrected chi connectivity index (χ4v) is 1.89. The summed E-state index contributed by atoms with van der Waals surface area (Å²) in [6, 6.07) is 11.6. The van der Waals surface area contributed by atoms with Gasteiger partial charge in [-0.25, -0.2) is 0 Å². The van der Waals surface area contributed by atoms with E-state index < -0.39 is 0 Å². The lowest BCUT2D eigenvalue weighted by Gasteiger charge is -2.16. The monoisotopic (exact) mass is 258 g/mol. The highest BCUT2D eigenvalue weighted by Crippen LogP contribution is 2.03. The summed E-state index contributed by atoms with van der Waals surface area (Å²) >= 11 is 0. The maximum atomic E-state index is 12.0. The summed E-state index contributed by atoms with van der Waals surface area (Å²) in [6.45, 7) is 0.396. The molecule has 5 heteroatoms. The minimum atomic E-state index is -0.188. The van der Waals surface area contributed by atoms with E-state index >= 15 is 0 Å². The lowest BCUT2D eigenvalue weighted by molar-refractivity contribution is 0.0932. The standard InChI is InChI=1S/C14H18N4O/c1-18-8-7-13(17-18)14(19)16-12(10-15)9-11-5-3-2-4-6-11/h2-8,12H,9-10,15H2,1H3,(H,16,19). The van der Waals surface area contributed by atoms with Crippen molar-refractivity contribution in [3.05, 3.63) is 53.9 Å². The molecular formula is C14H18N4O. The average Bonchev–Trinajstić information content (AvgIpc) is 2.86. The van der Waals surface area contributed by atoms with Crippen molar-refractivity contribution in [2.75, 3.05) is 6.54 Å². The highest BCUT2D eigenvalue weighted by atomic mass is 16.2. The van der Waals surface area contributed by atoms with Crippen molar-refractivity contribution in [3.63, 3.8) is 0 Å². The highest BCUT2D eigenvalue weighted by Gasteiger charge is 2.14. The Labute approximate surface area is 112 Å². The van der Waals surface area contributed by atoms with E-state index in [1.165, 1.54) is 0 Å². The van der Waals surface area contributed by atoms with Gasteiger partial charge >= 0.3 is 0 Å². The summed E-state index contributed by atoms with van der Waals surface area (Å²) in [5, 5.41) is 6.97. The molecule has 19 heavy (non-hydrogen) atoms. The largest absolute Gasteiger partial charge is 0.346 e. The third-order valence-electron chi connectivity index (χ3n) is 2.89. The number of hydrogen-bond acceptors (Lipinski definition) is 3. The normalized spacial score (nSPS) is 12.1. The van der Waals surface area contributed by atoms with E-state index in [2.05, 4.69) is 10.4 Å². The summed E-state index contributed by atoms with van der Waals surface area (Å²) in [4.78, 5) is 12.0. The van der Waals surface area contributed by atoms with Gasteiger partial charge in [-0.15, -0.1) is 0 Å². The molecule has 1 unspecified atom stereocenters. The number of carbonyl (C=O) groups excluding carboxylic acids is 1. The molecule has 1 atom stereocenters. The second-order valence-electron chi connectivity index (χ2n) is 4.47. The van der Waals surface area contributed by atoms with E-state index in [4.69, 9.17) is 5.73 Å². The quantitative estimate of drug-likeness (QED) is 0.830. The van der Waals surface area contributed by atoms with Gasteiger partial charge in [0.1, 0.15) is 5.69 Å². The van der Waals surface area contributed by atoms with E-state index in [0.29, 0.717) is 12.2 Å². The summed E-state index contributed by atoms with van der Waals surface area (Å²) in [7, 11) is 1.78. The fourth-order valence-electron chi connectivity index (χ4n) is 1.89. The van der Waals surface area contributed by atoms with E-state index in [9.17, 15) is 4.79 Å². The summed E-state index contributed by atoms with van der Waals surface area (Å²) in [6.07, 6.45) is 2.46. The number of hydrogen-bond donors (Lipinski definition) is 2. The second kappa shape index (κ2) is 6.15. The molecule has 1 amide bonds. The Morgan fingerprint density at radius 1 is 1.37 bits per heavy atom. The number of aryl methyl sites for hydroxylation is 1. The molecule has 1 heterocycles. The van der Waals surface area contributed by atoms with Crippen LogP contribution in [-0.2, 0) is 13.5 Å². The molecule has 0 spiro atoms. The van der Waals surface area contributed by atoms with Gasteiger partial charge in [-0.1, -0.05) is 30.3 Å². The smallest absolute Gasteiger partial charge is 0.272 e. The summed E-state index contributed by atoms with van der Waals surface area (Å²) in [5.41, 5.74) is 7.28. The molecule has 0 aliphatic heterocycles. The minimum absolute atomic E-state index is 0.0862. The minimum Gasteiger partial charge on any atom is -0.346 e. The Bertz CT molecular complexity index is 535. The van der Waals surface area contributed by atoms with Crippen LogP contribution in [0, 0.1) is 0 Å². The highest BCUT2D eigenvalue weighted by molar-refractivity contribution is 5.92. The maximum Gasteiger partial charge on any atom is 0.272 e. The maximum absolute atomic E-state index is 12.0. The van der Waals surface area contributed by atoms with Crippen LogP contribution in [-0.4, -0.2) is 28.3 Å². The Hall–Kier alpha value is -2.14. The molecule has 0 aliphatic rings. The van der Waals surface area contributed by atoms with Crippen molar-refractivity contribution in [2.45, 2.75) is 12.5 Å². The van der Waals surface area contributed by atoms with Gasteiger partial charge in [-0.05, 0) is 18.1 Å². The lowest BCUT2D eigenvalue weighted by atomic mass is 10.1. The number of nitrogens with two attached hydrogens (primary N) is 1. The van der Waals surface area contributed by atoms with Crippen LogP contribution in [0.25, 0.3) is 0 Å². The number of rotatable bonds is 5. The van der Waals surface area contributed by atoms with Crippen LogP contribution in [0.5, 0.6) is 0 Å². The molecule has 2 aromatic rings. The van der Waals surface area contributed by atoms with Gasteiger partial charge in [0.2, 0.25) is 0 Å². The predicted molar refractivity (Wildman–Crippen MR) is 73.7 cm³/mol. The number of carbonyl (C=O) groups is 1. The van der Waals surface area contributed by atoms with Crippen molar-refractivity contribution >= 4 is 5.91 Å². The fraction of sp³-hybridized carbons (Fsp3) is 0.286. The van der Waals surface area contributed by atoms with Crippen LogP contribution in [0.3, 0.4) is 0 Å². The molecule has 0 fully saturated rings. The summed E-state index contributed by atoms with van der Waals surface area (Å²) in [5.74, 6) is -0.188. The molecule has 0 aliphatic carbocycles. The van der Waals surface area contributed by atoms with Gasteiger partial charge in [0.05, 0.1) is 0 Å². The Balaban J connectivity index is 1.97. The zero-order chi connectivity index (χ0) is 13.7. The molecule has 0 saturated carbocycles. The van der Waals surface area contributed by atoms with Crippen molar-refractivity contribution in [2.24, 2.45) is 12.8 Å². The zero-order valence-corrected chi connectivity index (χ0v) is 10.9. The van der Waals surface area contributed by atoms with Gasteiger partial charge in [0.25, 0.3) is 5.91 Å². The molecule has 2 rings (SSSR count). The van der Waals surface area contributed by atoms with Crippen LogP contribution < -0.4 is 11.1 Å². The summed E-state index contributed by atoms with van der Waals surface area (Å²) < 4.78 is 1.60. The number of nitrogens with zero attached hydrogens (tertiary/aromatic N) is 2. The Morgan fingerprint density at radius 3 is 2.68 bits per heavy atom. The van der Waals surface area contributed by atoms with E-state index in [1.807, 2.05) is 30.3 Å². The lowest BCUT2D eigenvalue weighted by Crippen LogP contribution is -2.41. The average molecular weight is 258 g/mol. The van der Waals surface area contributed by atoms with Gasteiger partial charge < -0.3 is 11.1 Å². The van der Waals surface area contributed by atoms with E-state index in [1.54, 1.807) is 24.0 Å². The first-order valence-electron chi connectivity index (χ1n) is 6.23. The number of amides is 1. The van der Waals surface area contributed by atoms with Crippen molar-refractivity contribution in [1.29, 1.82) is 0 Å². The molecule has 0 saturated heterocycles. The molecular weight excluding hydrogens is 240 g/mol. The second-order valence-corrected chi connectivity index (χ2v) is 4.47. The number of aromatic nitrogens is 2. The molecule has 0 radical (unpaired) electrons. The first-order chi connectivity index (χ1) is 9.19. The SMILES string of the molecule is Cn1ccc(C(=O)NC(CN)Cc2ccccc2)n1. The molecule has 1 aromatic carbocycles. The zero-order valence-electron chi connectivity index (χ0n) is 10.9. The van der Waals surface area contributed by atoms with Gasteiger partial charge in [-0.3, -0.25) is 9.48 Å². The first kappa shape index (κ1) is 13.3. The van der Waals surface area contributed by atoms with Gasteiger partial charge in [0.15, 0.2) is 0 Å².